The first kappa shape index (κ1) is 13.8. The zero-order valence-electron chi connectivity index (χ0n) is 9.61. The predicted molar refractivity (Wildman–Crippen MR) is 64.3 cm³/mol. The van der Waals surface area contributed by atoms with Crippen molar-refractivity contribution in [1.82, 2.24) is 0 Å². The Morgan fingerprint density at radius 2 is 2.24 bits per heavy atom. The van der Waals surface area contributed by atoms with Crippen LogP contribution in [0.1, 0.15) is 17.5 Å². The minimum absolute atomic E-state index is 0.258. The van der Waals surface area contributed by atoms with Crippen molar-refractivity contribution in [2.24, 2.45) is 0 Å². The molecule has 0 aliphatic carbocycles. The van der Waals surface area contributed by atoms with Gasteiger partial charge in [-0.25, -0.2) is 4.39 Å². The maximum absolute atomic E-state index is 13.1. The van der Waals surface area contributed by atoms with Gasteiger partial charge in [-0.2, -0.15) is 5.26 Å². The topological polar surface area (TPSA) is 50.1 Å². The van der Waals surface area contributed by atoms with Crippen LogP contribution in [-0.2, 0) is 21.3 Å². The van der Waals surface area contributed by atoms with E-state index in [-0.39, 0.29) is 11.3 Å². The van der Waals surface area contributed by atoms with Gasteiger partial charge in [0.2, 0.25) is 0 Å². The Kier molecular flexibility index (Phi) is 5.81. The summed E-state index contributed by atoms with van der Waals surface area (Å²) in [6, 6.07) is 5.92. The minimum Gasteiger partial charge on any atom is -0.385 e. The highest BCUT2D eigenvalue weighted by Crippen LogP contribution is 2.11. The number of hydrogen-bond acceptors (Lipinski definition) is 3. The maximum Gasteiger partial charge on any atom is 0.124 e. The molecule has 0 N–H and O–H groups in total. The fourth-order valence-corrected chi connectivity index (χ4v) is 2.54. The second-order valence-corrected chi connectivity index (χ2v) is 5.17. The molecule has 0 bridgehead atoms. The molecule has 0 amide bonds. The zero-order chi connectivity index (χ0) is 12.7. The van der Waals surface area contributed by atoms with E-state index in [1.807, 2.05) is 6.07 Å². The first-order chi connectivity index (χ1) is 8.15. The first-order valence-corrected chi connectivity index (χ1v) is 6.68. The van der Waals surface area contributed by atoms with Gasteiger partial charge in [-0.3, -0.25) is 4.21 Å². The van der Waals surface area contributed by atoms with Gasteiger partial charge in [-0.15, -0.1) is 0 Å². The number of nitrogens with zero attached hydrogens (tertiary/aromatic N) is 1. The maximum atomic E-state index is 13.1. The molecule has 3 nitrogen and oxygen atoms in total. The van der Waals surface area contributed by atoms with Crippen LogP contribution in [-0.4, -0.2) is 23.7 Å². The number of benzene rings is 1. The van der Waals surface area contributed by atoms with Crippen LogP contribution in [0.25, 0.3) is 0 Å². The van der Waals surface area contributed by atoms with Crippen molar-refractivity contribution in [2.45, 2.75) is 12.2 Å². The lowest BCUT2D eigenvalue weighted by atomic mass is 10.1. The Labute approximate surface area is 103 Å². The van der Waals surface area contributed by atoms with E-state index < -0.39 is 16.6 Å². The molecule has 0 radical (unpaired) electrons. The van der Waals surface area contributed by atoms with Crippen LogP contribution >= 0.6 is 0 Å². The largest absolute Gasteiger partial charge is 0.385 e. The summed E-state index contributed by atoms with van der Waals surface area (Å²) in [5.41, 5.74) is 0.853. The van der Waals surface area contributed by atoms with Gasteiger partial charge in [-0.05, 0) is 30.2 Å². The third-order valence-corrected chi connectivity index (χ3v) is 3.53. The number of halogens is 1. The van der Waals surface area contributed by atoms with Crippen LogP contribution in [0.3, 0.4) is 0 Å². The van der Waals surface area contributed by atoms with Gasteiger partial charge in [0.15, 0.2) is 0 Å². The summed E-state index contributed by atoms with van der Waals surface area (Å²) >= 11 is 0. The molecule has 0 aliphatic heterocycles. The van der Waals surface area contributed by atoms with Crippen molar-refractivity contribution in [2.75, 3.05) is 19.5 Å². The summed E-state index contributed by atoms with van der Waals surface area (Å²) in [5, 5.41) is 8.68. The molecule has 1 aromatic rings. The Hall–Kier alpha value is -1.25. The van der Waals surface area contributed by atoms with E-state index in [4.69, 9.17) is 10.00 Å². The molecule has 1 aromatic carbocycles. The van der Waals surface area contributed by atoms with E-state index in [0.29, 0.717) is 24.3 Å². The van der Waals surface area contributed by atoms with Crippen LogP contribution in [0.2, 0.25) is 0 Å². The first-order valence-electron chi connectivity index (χ1n) is 5.19. The third-order valence-electron chi connectivity index (χ3n) is 2.13. The smallest absolute Gasteiger partial charge is 0.124 e. The van der Waals surface area contributed by atoms with Gasteiger partial charge in [0.05, 0.1) is 11.6 Å². The normalized spacial score (nSPS) is 12.1. The highest BCUT2D eigenvalue weighted by atomic mass is 32.2. The van der Waals surface area contributed by atoms with Crippen molar-refractivity contribution in [3.8, 4) is 6.07 Å². The van der Waals surface area contributed by atoms with E-state index in [9.17, 15) is 8.60 Å². The number of nitriles is 1. The van der Waals surface area contributed by atoms with Crippen LogP contribution < -0.4 is 0 Å². The van der Waals surface area contributed by atoms with Crippen molar-refractivity contribution >= 4 is 10.8 Å². The van der Waals surface area contributed by atoms with Gasteiger partial charge in [0, 0.05) is 36.0 Å². The van der Waals surface area contributed by atoms with Gasteiger partial charge in [0.25, 0.3) is 0 Å². The van der Waals surface area contributed by atoms with Crippen LogP contribution in [0.5, 0.6) is 0 Å². The molecule has 0 saturated carbocycles. The lowest BCUT2D eigenvalue weighted by Crippen LogP contribution is -2.04. The fourth-order valence-electron chi connectivity index (χ4n) is 1.42. The molecule has 1 atom stereocenters. The van der Waals surface area contributed by atoms with Crippen molar-refractivity contribution in [1.29, 1.82) is 5.26 Å². The van der Waals surface area contributed by atoms with E-state index >= 15 is 0 Å². The summed E-state index contributed by atoms with van der Waals surface area (Å²) in [6.07, 6.45) is 0.712. The van der Waals surface area contributed by atoms with E-state index in [2.05, 4.69) is 0 Å². The second-order valence-electron chi connectivity index (χ2n) is 3.59. The average molecular weight is 255 g/mol. The van der Waals surface area contributed by atoms with Gasteiger partial charge in [-0.1, -0.05) is 0 Å². The fraction of sp³-hybridized carbons (Fsp3) is 0.417. The molecule has 0 aromatic heterocycles. The van der Waals surface area contributed by atoms with Gasteiger partial charge in [0.1, 0.15) is 5.82 Å². The summed E-state index contributed by atoms with van der Waals surface area (Å²) in [6.45, 7) is 0.568. The van der Waals surface area contributed by atoms with E-state index in [1.54, 1.807) is 13.2 Å². The highest BCUT2D eigenvalue weighted by Gasteiger charge is 2.05. The lowest BCUT2D eigenvalue weighted by molar-refractivity contribution is 0.200. The molecule has 17 heavy (non-hydrogen) atoms. The minimum atomic E-state index is -1.05. The predicted octanol–water partition coefficient (Wildman–Crippen LogP) is 1.98. The number of methoxy groups -OCH3 is 1. The Balaban J connectivity index is 2.59. The molecule has 1 rings (SSSR count). The second kappa shape index (κ2) is 7.15. The quantitative estimate of drug-likeness (QED) is 0.730. The molecule has 0 heterocycles. The molecule has 92 valence electrons. The molecular weight excluding hydrogens is 241 g/mol. The monoisotopic (exact) mass is 255 g/mol. The number of rotatable bonds is 6. The van der Waals surface area contributed by atoms with Crippen molar-refractivity contribution < 1.29 is 13.3 Å². The van der Waals surface area contributed by atoms with Crippen LogP contribution in [0.4, 0.5) is 4.39 Å². The number of ether oxygens (including phenoxy) is 1. The van der Waals surface area contributed by atoms with Crippen LogP contribution in [0, 0.1) is 17.1 Å². The van der Waals surface area contributed by atoms with E-state index in [1.165, 1.54) is 6.07 Å². The lowest BCUT2D eigenvalue weighted by Gasteiger charge is -2.03. The summed E-state index contributed by atoms with van der Waals surface area (Å²) in [4.78, 5) is 0. The molecule has 0 saturated heterocycles. The third kappa shape index (κ3) is 5.07. The van der Waals surface area contributed by atoms with Crippen LogP contribution in [0.15, 0.2) is 18.2 Å². The summed E-state index contributed by atoms with van der Waals surface area (Å²) < 4.78 is 29.6. The Morgan fingerprint density at radius 3 is 2.88 bits per heavy atom. The summed E-state index contributed by atoms with van der Waals surface area (Å²) in [5.74, 6) is 0.329. The van der Waals surface area contributed by atoms with Gasteiger partial charge < -0.3 is 4.74 Å². The SMILES string of the molecule is COCCCS(=O)Cc1cc(F)cc(C#N)c1. The molecule has 5 heteroatoms. The average Bonchev–Trinajstić information content (AvgIpc) is 2.28. The van der Waals surface area contributed by atoms with Crippen molar-refractivity contribution in [3.63, 3.8) is 0 Å². The van der Waals surface area contributed by atoms with Crippen molar-refractivity contribution in [3.05, 3.63) is 35.1 Å². The van der Waals surface area contributed by atoms with E-state index in [0.717, 1.165) is 6.07 Å². The molecular formula is C12H14FNO2S. The molecule has 0 spiro atoms. The summed E-state index contributed by atoms with van der Waals surface area (Å²) in [7, 11) is 0.545. The van der Waals surface area contributed by atoms with Gasteiger partial charge >= 0.3 is 0 Å². The molecule has 0 fully saturated rings. The standard InChI is InChI=1S/C12H14FNO2S/c1-16-3-2-4-17(15)9-11-5-10(8-14)6-12(13)7-11/h5-7H,2-4,9H2,1H3. The zero-order valence-corrected chi connectivity index (χ0v) is 10.4. The molecule has 1 unspecified atom stereocenters. The highest BCUT2D eigenvalue weighted by molar-refractivity contribution is 7.84. The molecule has 0 aliphatic rings. The Bertz CT molecular complexity index is 443. The number of hydrogen-bond donors (Lipinski definition) is 0. The Morgan fingerprint density at radius 1 is 1.47 bits per heavy atom.